The van der Waals surface area contributed by atoms with Crippen LogP contribution in [0.25, 0.3) is 0 Å². The molecule has 1 nitrogen and oxygen atoms in total. The Hall–Kier alpha value is -1.50. The van der Waals surface area contributed by atoms with Gasteiger partial charge in [-0.05, 0) is 75.1 Å². The highest BCUT2D eigenvalue weighted by molar-refractivity contribution is 5.63. The fourth-order valence-corrected chi connectivity index (χ4v) is 4.22. The first-order chi connectivity index (χ1) is 10.5. The fraction of sp³-hybridized carbons (Fsp3) is 0.524. The second-order valence-corrected chi connectivity index (χ2v) is 6.96. The molecule has 0 saturated carbocycles. The van der Waals surface area contributed by atoms with Gasteiger partial charge in [-0.1, -0.05) is 36.3 Å². The molecule has 0 N–H and O–H groups in total. The van der Waals surface area contributed by atoms with E-state index in [1.54, 1.807) is 16.7 Å². The smallest absolute Gasteiger partial charge is 0.0434 e. The molecule has 0 bridgehead atoms. The Morgan fingerprint density at radius 2 is 1.91 bits per heavy atom. The van der Waals surface area contributed by atoms with Crippen molar-refractivity contribution in [2.75, 3.05) is 18.0 Å². The number of allylic oxidation sites excluding steroid dienone is 4. The van der Waals surface area contributed by atoms with Gasteiger partial charge >= 0.3 is 0 Å². The van der Waals surface area contributed by atoms with E-state index in [4.69, 9.17) is 0 Å². The molecule has 0 amide bonds. The largest absolute Gasteiger partial charge is 0.371 e. The van der Waals surface area contributed by atoms with Gasteiger partial charge in [0.2, 0.25) is 0 Å². The molecule has 1 heteroatoms. The number of anilines is 1. The summed E-state index contributed by atoms with van der Waals surface area (Å²) in [6.45, 7) is 13.9. The van der Waals surface area contributed by atoms with Crippen molar-refractivity contribution >= 4 is 5.69 Å². The van der Waals surface area contributed by atoms with Gasteiger partial charge in [-0.15, -0.1) is 0 Å². The van der Waals surface area contributed by atoms with Gasteiger partial charge in [-0.3, -0.25) is 0 Å². The van der Waals surface area contributed by atoms with Crippen LogP contribution in [0, 0.1) is 5.92 Å². The number of nitrogens with zero attached hydrogens (tertiary/aromatic N) is 1. The Morgan fingerprint density at radius 3 is 2.55 bits per heavy atom. The quantitative estimate of drug-likeness (QED) is 0.731. The molecule has 1 atom stereocenters. The van der Waals surface area contributed by atoms with Gasteiger partial charge in [0, 0.05) is 18.8 Å². The minimum absolute atomic E-state index is 0.606. The maximum absolute atomic E-state index is 2.58. The van der Waals surface area contributed by atoms with Gasteiger partial charge in [-0.2, -0.15) is 0 Å². The van der Waals surface area contributed by atoms with Gasteiger partial charge in [0.25, 0.3) is 0 Å². The summed E-state index contributed by atoms with van der Waals surface area (Å²) >= 11 is 0. The minimum atomic E-state index is 0.606. The maximum Gasteiger partial charge on any atom is 0.0434 e. The predicted molar refractivity (Wildman–Crippen MR) is 96.6 cm³/mol. The van der Waals surface area contributed by atoms with Crippen molar-refractivity contribution in [1.29, 1.82) is 0 Å². The third-order valence-electron chi connectivity index (χ3n) is 5.96. The molecule has 1 aliphatic carbocycles. The van der Waals surface area contributed by atoms with E-state index in [0.29, 0.717) is 5.92 Å². The molecule has 1 aromatic carbocycles. The normalized spacial score (nSPS) is 21.7. The number of rotatable bonds is 3. The fourth-order valence-electron chi connectivity index (χ4n) is 4.22. The second-order valence-electron chi connectivity index (χ2n) is 6.96. The molecule has 0 fully saturated rings. The summed E-state index contributed by atoms with van der Waals surface area (Å²) in [6, 6.07) is 6.94. The number of benzene rings is 1. The van der Waals surface area contributed by atoms with E-state index >= 15 is 0 Å². The van der Waals surface area contributed by atoms with Gasteiger partial charge in [0.05, 0.1) is 0 Å². The zero-order valence-electron chi connectivity index (χ0n) is 14.8. The van der Waals surface area contributed by atoms with Crippen molar-refractivity contribution in [3.63, 3.8) is 0 Å². The minimum Gasteiger partial charge on any atom is -0.371 e. The SMILES string of the molecule is CCN1CCCc2cccc(CC3=C(C)C(C)=C(C)C3C)c21. The molecule has 118 valence electrons. The number of fused-ring (bicyclic) bond motifs is 1. The summed E-state index contributed by atoms with van der Waals surface area (Å²) in [5.41, 5.74) is 10.8. The van der Waals surface area contributed by atoms with Crippen LogP contribution in [0.5, 0.6) is 0 Å². The zero-order valence-corrected chi connectivity index (χ0v) is 14.8. The number of hydrogen-bond donors (Lipinski definition) is 0. The average Bonchev–Trinajstić information content (AvgIpc) is 2.72. The summed E-state index contributed by atoms with van der Waals surface area (Å²) in [6.07, 6.45) is 3.65. The topological polar surface area (TPSA) is 3.24 Å². The van der Waals surface area contributed by atoms with Crippen LogP contribution in [-0.4, -0.2) is 13.1 Å². The molecule has 0 spiro atoms. The first-order valence-electron chi connectivity index (χ1n) is 8.77. The van der Waals surface area contributed by atoms with Crippen molar-refractivity contribution in [3.8, 4) is 0 Å². The third-order valence-corrected chi connectivity index (χ3v) is 5.96. The van der Waals surface area contributed by atoms with E-state index in [0.717, 1.165) is 13.0 Å². The number of para-hydroxylation sites is 1. The Labute approximate surface area is 135 Å². The van der Waals surface area contributed by atoms with Crippen LogP contribution in [0.4, 0.5) is 5.69 Å². The molecular weight excluding hydrogens is 266 g/mol. The Morgan fingerprint density at radius 1 is 1.14 bits per heavy atom. The highest BCUT2D eigenvalue weighted by Gasteiger charge is 2.26. The van der Waals surface area contributed by atoms with Gasteiger partial charge in [0.15, 0.2) is 0 Å². The van der Waals surface area contributed by atoms with Crippen molar-refractivity contribution in [1.82, 2.24) is 0 Å². The third kappa shape index (κ3) is 2.41. The maximum atomic E-state index is 2.58. The Balaban J connectivity index is 1.98. The molecular formula is C21H29N. The van der Waals surface area contributed by atoms with E-state index in [2.05, 4.69) is 57.7 Å². The average molecular weight is 295 g/mol. The molecule has 1 aromatic rings. The zero-order chi connectivity index (χ0) is 15.9. The van der Waals surface area contributed by atoms with Crippen LogP contribution in [0.15, 0.2) is 40.5 Å². The molecule has 1 heterocycles. The monoisotopic (exact) mass is 295 g/mol. The first-order valence-corrected chi connectivity index (χ1v) is 8.77. The molecule has 1 unspecified atom stereocenters. The molecule has 22 heavy (non-hydrogen) atoms. The van der Waals surface area contributed by atoms with Crippen molar-refractivity contribution in [2.45, 2.75) is 53.9 Å². The van der Waals surface area contributed by atoms with Crippen LogP contribution >= 0.6 is 0 Å². The van der Waals surface area contributed by atoms with Crippen LogP contribution < -0.4 is 4.90 Å². The highest BCUT2D eigenvalue weighted by atomic mass is 15.1. The molecule has 1 aliphatic heterocycles. The molecule has 0 saturated heterocycles. The van der Waals surface area contributed by atoms with Gasteiger partial charge in [0.1, 0.15) is 0 Å². The van der Waals surface area contributed by atoms with Crippen molar-refractivity contribution in [2.24, 2.45) is 5.92 Å². The van der Waals surface area contributed by atoms with E-state index in [9.17, 15) is 0 Å². The summed E-state index contributed by atoms with van der Waals surface area (Å²) in [4.78, 5) is 2.58. The summed E-state index contributed by atoms with van der Waals surface area (Å²) in [5.74, 6) is 0.606. The first kappa shape index (κ1) is 15.4. The summed E-state index contributed by atoms with van der Waals surface area (Å²) in [7, 11) is 0. The highest BCUT2D eigenvalue weighted by Crippen LogP contribution is 2.40. The standard InChI is InChI=1S/C21H29N/c1-6-22-12-8-11-18-9-7-10-19(21(18)22)13-20-16(4)14(2)15(3)17(20)5/h7,9-10,16H,6,8,11-13H2,1-5H3. The van der Waals surface area contributed by atoms with Crippen LogP contribution in [0.3, 0.4) is 0 Å². The predicted octanol–water partition coefficient (Wildman–Crippen LogP) is 5.30. The van der Waals surface area contributed by atoms with E-state index < -0.39 is 0 Å². The van der Waals surface area contributed by atoms with Crippen LogP contribution in [0.2, 0.25) is 0 Å². The van der Waals surface area contributed by atoms with E-state index in [1.807, 2.05) is 0 Å². The van der Waals surface area contributed by atoms with E-state index in [-0.39, 0.29) is 0 Å². The van der Waals surface area contributed by atoms with Gasteiger partial charge < -0.3 is 4.90 Å². The summed E-state index contributed by atoms with van der Waals surface area (Å²) < 4.78 is 0. The van der Waals surface area contributed by atoms with Crippen molar-refractivity contribution in [3.05, 3.63) is 51.6 Å². The van der Waals surface area contributed by atoms with Gasteiger partial charge in [-0.25, -0.2) is 0 Å². The lowest BCUT2D eigenvalue weighted by Crippen LogP contribution is -2.30. The molecule has 0 aromatic heterocycles. The molecule has 3 rings (SSSR count). The van der Waals surface area contributed by atoms with E-state index in [1.165, 1.54) is 41.8 Å². The number of aryl methyl sites for hydroxylation is 1. The lowest BCUT2D eigenvalue weighted by Gasteiger charge is -2.33. The number of hydrogen-bond acceptors (Lipinski definition) is 1. The summed E-state index contributed by atoms with van der Waals surface area (Å²) in [5, 5.41) is 0. The Kier molecular flexibility index (Phi) is 4.16. The molecule has 2 aliphatic rings. The van der Waals surface area contributed by atoms with Crippen molar-refractivity contribution < 1.29 is 0 Å². The lowest BCUT2D eigenvalue weighted by molar-refractivity contribution is 0.700. The molecule has 0 radical (unpaired) electrons. The Bertz CT molecular complexity index is 648. The van der Waals surface area contributed by atoms with Crippen LogP contribution in [0.1, 0.15) is 52.2 Å². The lowest BCUT2D eigenvalue weighted by atomic mass is 9.89. The second kappa shape index (κ2) is 5.95. The van der Waals surface area contributed by atoms with Crippen LogP contribution in [-0.2, 0) is 12.8 Å².